The van der Waals surface area contributed by atoms with Gasteiger partial charge in [0.25, 0.3) is 5.78 Å². The molecule has 0 unspecified atom stereocenters. The summed E-state index contributed by atoms with van der Waals surface area (Å²) in [5, 5.41) is 11.2. The molecule has 8 nitrogen and oxygen atoms in total. The largest absolute Gasteiger partial charge is 0.507 e. The van der Waals surface area contributed by atoms with Gasteiger partial charge in [0.05, 0.1) is 31.5 Å². The van der Waals surface area contributed by atoms with Crippen molar-refractivity contribution in [2.24, 2.45) is 0 Å². The van der Waals surface area contributed by atoms with Gasteiger partial charge >= 0.3 is 11.9 Å². The summed E-state index contributed by atoms with van der Waals surface area (Å²) in [6, 6.07) is 9.01. The summed E-state index contributed by atoms with van der Waals surface area (Å²) in [6.45, 7) is 3.34. The third-order valence-electron chi connectivity index (χ3n) is 5.64. The fourth-order valence-corrected chi connectivity index (χ4v) is 4.98. The first-order valence-electron chi connectivity index (χ1n) is 10.4. The zero-order valence-corrected chi connectivity index (χ0v) is 20.1. The van der Waals surface area contributed by atoms with Gasteiger partial charge in [-0.15, -0.1) is 0 Å². The summed E-state index contributed by atoms with van der Waals surface area (Å²) in [5.41, 5.74) is 1.32. The Kier molecular flexibility index (Phi) is 6.40. The number of ether oxygens (including phenoxy) is 2. The Labute approximate surface area is 204 Å². The average molecular weight is 497 g/mol. The van der Waals surface area contributed by atoms with E-state index in [0.717, 1.165) is 16.2 Å². The highest BCUT2D eigenvalue weighted by Crippen LogP contribution is 2.44. The SMILES string of the molecule is COC(=O)c1sc(N2C(=O)C(=O)C(=C(O)c3ccc(OC)c(C)c3)[C@H]2c2cccc(F)c2)nc1C. The second-order valence-corrected chi connectivity index (χ2v) is 8.79. The predicted octanol–water partition coefficient (Wildman–Crippen LogP) is 4.32. The number of aromatic nitrogens is 1. The van der Waals surface area contributed by atoms with Crippen molar-refractivity contribution in [2.45, 2.75) is 19.9 Å². The van der Waals surface area contributed by atoms with Crippen LogP contribution in [0.4, 0.5) is 9.52 Å². The molecule has 1 aliphatic heterocycles. The van der Waals surface area contributed by atoms with Gasteiger partial charge in [-0.1, -0.05) is 23.5 Å². The number of esters is 1. The lowest BCUT2D eigenvalue weighted by Crippen LogP contribution is -2.29. The molecular formula is C25H21FN2O6S. The van der Waals surface area contributed by atoms with Crippen molar-refractivity contribution < 1.29 is 33.4 Å². The monoisotopic (exact) mass is 496 g/mol. The molecule has 0 radical (unpaired) electrons. The van der Waals surface area contributed by atoms with Crippen LogP contribution < -0.4 is 9.64 Å². The van der Waals surface area contributed by atoms with Gasteiger partial charge in [-0.2, -0.15) is 0 Å². The van der Waals surface area contributed by atoms with Crippen LogP contribution in [0.1, 0.15) is 38.1 Å². The number of carbonyl (C=O) groups is 3. The Balaban J connectivity index is 1.94. The van der Waals surface area contributed by atoms with E-state index in [4.69, 9.17) is 9.47 Å². The lowest BCUT2D eigenvalue weighted by Gasteiger charge is -2.23. The minimum absolute atomic E-state index is 0.0456. The van der Waals surface area contributed by atoms with Crippen molar-refractivity contribution >= 4 is 39.9 Å². The second kappa shape index (κ2) is 9.30. The predicted molar refractivity (Wildman–Crippen MR) is 127 cm³/mol. The van der Waals surface area contributed by atoms with Crippen LogP contribution in [-0.2, 0) is 14.3 Å². The van der Waals surface area contributed by atoms with Crippen LogP contribution in [-0.4, -0.2) is 42.0 Å². The molecule has 1 fully saturated rings. The average Bonchev–Trinajstić information content (AvgIpc) is 3.34. The molecule has 0 spiro atoms. The standard InChI is InChI=1S/C25H21FN2O6S/c1-12-10-15(8-9-17(12)33-3)20(29)18-19(14-6-5-7-16(26)11-14)28(23(31)21(18)30)25-27-13(2)22(35-25)24(32)34-4/h5-11,19,29H,1-4H3/t19-/m1/s1. The second-order valence-electron chi connectivity index (χ2n) is 7.81. The topological polar surface area (TPSA) is 106 Å². The quantitative estimate of drug-likeness (QED) is 0.243. The molecule has 0 aliphatic carbocycles. The molecule has 1 aliphatic rings. The summed E-state index contributed by atoms with van der Waals surface area (Å²) in [4.78, 5) is 44.1. The molecule has 1 N–H and O–H groups in total. The maximum atomic E-state index is 14.2. The molecule has 180 valence electrons. The number of aliphatic hydroxyl groups excluding tert-OH is 1. The van der Waals surface area contributed by atoms with Crippen LogP contribution in [0.15, 0.2) is 48.0 Å². The van der Waals surface area contributed by atoms with Gasteiger partial charge in [-0.05, 0) is 55.3 Å². The summed E-state index contributed by atoms with van der Waals surface area (Å²) < 4.78 is 24.2. The van der Waals surface area contributed by atoms with Gasteiger partial charge in [-0.25, -0.2) is 14.2 Å². The number of amides is 1. The van der Waals surface area contributed by atoms with Gasteiger partial charge in [0, 0.05) is 5.56 Å². The van der Waals surface area contributed by atoms with E-state index >= 15 is 0 Å². The summed E-state index contributed by atoms with van der Waals surface area (Å²) >= 11 is 0.868. The number of anilines is 1. The number of thiazole rings is 1. The third-order valence-corrected chi connectivity index (χ3v) is 6.78. The number of aryl methyl sites for hydroxylation is 2. The van der Waals surface area contributed by atoms with E-state index in [-0.39, 0.29) is 26.7 Å². The van der Waals surface area contributed by atoms with E-state index < -0.39 is 35.3 Å². The van der Waals surface area contributed by atoms with Crippen molar-refractivity contribution in [3.05, 3.63) is 81.1 Å². The maximum Gasteiger partial charge on any atom is 0.350 e. The van der Waals surface area contributed by atoms with Crippen LogP contribution in [0.25, 0.3) is 5.76 Å². The van der Waals surface area contributed by atoms with Crippen molar-refractivity contribution in [3.8, 4) is 5.75 Å². The highest BCUT2D eigenvalue weighted by Gasteiger charge is 2.48. The molecule has 2 heterocycles. The van der Waals surface area contributed by atoms with Gasteiger partial charge in [0.15, 0.2) is 5.13 Å². The Morgan fingerprint density at radius 1 is 1.14 bits per heavy atom. The fraction of sp³-hybridized carbons (Fsp3) is 0.200. The molecule has 2 aromatic carbocycles. The number of ketones is 1. The number of nitrogens with zero attached hydrogens (tertiary/aromatic N) is 2. The Morgan fingerprint density at radius 3 is 2.51 bits per heavy atom. The van der Waals surface area contributed by atoms with Crippen LogP contribution >= 0.6 is 11.3 Å². The number of halogens is 1. The first-order valence-corrected chi connectivity index (χ1v) is 11.3. The van der Waals surface area contributed by atoms with E-state index in [1.54, 1.807) is 38.1 Å². The minimum atomic E-state index is -1.18. The smallest absolute Gasteiger partial charge is 0.350 e. The Hall–Kier alpha value is -4.05. The molecule has 0 bridgehead atoms. The highest BCUT2D eigenvalue weighted by molar-refractivity contribution is 7.17. The molecule has 35 heavy (non-hydrogen) atoms. The van der Waals surface area contributed by atoms with Gasteiger partial charge in [0.2, 0.25) is 0 Å². The van der Waals surface area contributed by atoms with Crippen LogP contribution in [0, 0.1) is 19.7 Å². The van der Waals surface area contributed by atoms with Gasteiger partial charge in [0.1, 0.15) is 22.2 Å². The van der Waals surface area contributed by atoms with Crippen LogP contribution in [0.2, 0.25) is 0 Å². The molecule has 3 aromatic rings. The summed E-state index contributed by atoms with van der Waals surface area (Å²) in [6.07, 6.45) is 0. The van der Waals surface area contributed by atoms with Gasteiger partial charge < -0.3 is 14.6 Å². The van der Waals surface area contributed by atoms with Crippen molar-refractivity contribution in [1.82, 2.24) is 4.98 Å². The highest BCUT2D eigenvalue weighted by atomic mass is 32.1. The molecule has 1 saturated heterocycles. The van der Waals surface area contributed by atoms with Crippen molar-refractivity contribution in [1.29, 1.82) is 0 Å². The maximum absolute atomic E-state index is 14.2. The molecular weight excluding hydrogens is 475 g/mol. The summed E-state index contributed by atoms with van der Waals surface area (Å²) in [7, 11) is 2.73. The molecule has 1 amide bonds. The first kappa shape index (κ1) is 24.1. The number of carbonyl (C=O) groups excluding carboxylic acids is 3. The lowest BCUT2D eigenvalue weighted by molar-refractivity contribution is -0.132. The number of benzene rings is 2. The number of rotatable bonds is 5. The molecule has 1 atom stereocenters. The van der Waals surface area contributed by atoms with E-state index in [0.29, 0.717) is 17.0 Å². The lowest BCUT2D eigenvalue weighted by atomic mass is 9.95. The van der Waals surface area contributed by atoms with Crippen molar-refractivity contribution in [3.63, 3.8) is 0 Å². The number of methoxy groups -OCH3 is 2. The van der Waals surface area contributed by atoms with Crippen molar-refractivity contribution in [2.75, 3.05) is 19.1 Å². The molecule has 0 saturated carbocycles. The normalized spacial score (nSPS) is 17.1. The zero-order valence-electron chi connectivity index (χ0n) is 19.3. The van der Waals surface area contributed by atoms with Gasteiger partial charge in [-0.3, -0.25) is 14.5 Å². The zero-order chi connectivity index (χ0) is 25.4. The number of hydrogen-bond donors (Lipinski definition) is 1. The van der Waals surface area contributed by atoms with E-state index in [1.807, 2.05) is 0 Å². The molecule has 1 aromatic heterocycles. The minimum Gasteiger partial charge on any atom is -0.507 e. The molecule has 10 heteroatoms. The summed E-state index contributed by atoms with van der Waals surface area (Å²) in [5.74, 6) is -2.99. The van der Waals surface area contributed by atoms with Crippen LogP contribution in [0.3, 0.4) is 0 Å². The number of Topliss-reactive ketones (excluding diaryl/α,β-unsaturated/α-hetero) is 1. The number of aliphatic hydroxyl groups is 1. The fourth-order valence-electron chi connectivity index (χ4n) is 3.97. The molecule has 4 rings (SSSR count). The van der Waals surface area contributed by atoms with E-state index in [2.05, 4.69) is 4.98 Å². The van der Waals surface area contributed by atoms with E-state index in [1.165, 1.54) is 32.4 Å². The van der Waals surface area contributed by atoms with Crippen LogP contribution in [0.5, 0.6) is 5.75 Å². The van der Waals surface area contributed by atoms with E-state index in [9.17, 15) is 23.9 Å². The Bertz CT molecular complexity index is 1400. The first-order chi connectivity index (χ1) is 16.7. The number of hydrogen-bond acceptors (Lipinski definition) is 8. The Morgan fingerprint density at radius 2 is 1.89 bits per heavy atom. The third kappa shape index (κ3) is 4.17.